The quantitative estimate of drug-likeness (QED) is 0.223. The first-order chi connectivity index (χ1) is 19.9. The van der Waals surface area contributed by atoms with E-state index in [1.165, 1.54) is 0 Å². The maximum atomic E-state index is 11.9. The monoisotopic (exact) mass is 636 g/mol. The highest BCUT2D eigenvalue weighted by Crippen LogP contribution is 2.42. The van der Waals surface area contributed by atoms with Crippen molar-refractivity contribution >= 4 is 40.7 Å². The van der Waals surface area contributed by atoms with Gasteiger partial charge in [0.05, 0.1) is 24.9 Å². The summed E-state index contributed by atoms with van der Waals surface area (Å²) in [6.45, 7) is 3.07. The number of amides is 1. The topological polar surface area (TPSA) is 111 Å². The van der Waals surface area contributed by atoms with Crippen molar-refractivity contribution in [2.24, 2.45) is 5.92 Å². The van der Waals surface area contributed by atoms with E-state index in [9.17, 15) is 20.1 Å². The molecule has 1 saturated heterocycles. The Morgan fingerprint density at radius 2 is 1.64 bits per heavy atom. The van der Waals surface area contributed by atoms with Gasteiger partial charge in [-0.2, -0.15) is 0 Å². The van der Waals surface area contributed by atoms with E-state index in [1.54, 1.807) is 24.3 Å². The Hall–Kier alpha value is -2.40. The Morgan fingerprint density at radius 1 is 1.00 bits per heavy atom. The number of carbonyl (C=O) groups is 1. The zero-order valence-corrected chi connectivity index (χ0v) is 25.6. The van der Waals surface area contributed by atoms with Crippen LogP contribution in [0.5, 0.6) is 5.75 Å². The number of aliphatic hydroxyl groups is 2. The fraction of sp³-hybridized carbons (Fsp3) is 0.387. The Labute approximate surface area is 260 Å². The molecule has 0 radical (unpaired) electrons. The molecular formula is C31H35Cl3N2O6. The Morgan fingerprint density at radius 3 is 2.26 bits per heavy atom. The number of aliphatic hydroxyl groups excluding tert-OH is 2. The number of phenols is 1. The highest BCUT2D eigenvalue weighted by molar-refractivity contribution is 6.76. The van der Waals surface area contributed by atoms with Crippen molar-refractivity contribution in [1.82, 2.24) is 10.2 Å². The molecule has 0 bridgehead atoms. The molecule has 0 unspecified atom stereocenters. The van der Waals surface area contributed by atoms with Crippen molar-refractivity contribution in [1.29, 1.82) is 0 Å². The molecule has 8 nitrogen and oxygen atoms in total. The number of alkyl halides is 3. The SMILES string of the molecule is C[C@@H]1[C@H](CN(C)C[C@@H](O)c2cccc(O)c2)O[C@H](c2ccc(CNC(=O)C(Cl)(Cl)Cl)cc2)O[C@@H]1c1ccc(CO)cc1. The van der Waals surface area contributed by atoms with Crippen LogP contribution >= 0.6 is 34.8 Å². The summed E-state index contributed by atoms with van der Waals surface area (Å²) < 4.78 is 11.0. The van der Waals surface area contributed by atoms with Gasteiger partial charge in [0.25, 0.3) is 9.70 Å². The number of hydrogen-bond acceptors (Lipinski definition) is 7. The van der Waals surface area contributed by atoms with Crippen LogP contribution in [0.1, 0.15) is 53.2 Å². The van der Waals surface area contributed by atoms with Gasteiger partial charge in [0.15, 0.2) is 6.29 Å². The fourth-order valence-electron chi connectivity index (χ4n) is 4.92. The molecule has 3 aromatic carbocycles. The van der Waals surface area contributed by atoms with Crippen molar-refractivity contribution in [3.63, 3.8) is 0 Å². The smallest absolute Gasteiger partial charge is 0.272 e. The van der Waals surface area contributed by atoms with E-state index in [0.29, 0.717) is 18.7 Å². The molecule has 42 heavy (non-hydrogen) atoms. The number of nitrogens with zero attached hydrogens (tertiary/aromatic N) is 1. The largest absolute Gasteiger partial charge is 0.508 e. The van der Waals surface area contributed by atoms with Gasteiger partial charge in [0.1, 0.15) is 5.75 Å². The van der Waals surface area contributed by atoms with Crippen LogP contribution in [-0.4, -0.2) is 56.2 Å². The zero-order chi connectivity index (χ0) is 30.4. The number of nitrogens with one attached hydrogen (secondary N) is 1. The van der Waals surface area contributed by atoms with Crippen molar-refractivity contribution in [2.45, 2.75) is 48.5 Å². The van der Waals surface area contributed by atoms with Gasteiger partial charge in [-0.3, -0.25) is 4.79 Å². The second-order valence-electron chi connectivity index (χ2n) is 10.6. The average molecular weight is 638 g/mol. The van der Waals surface area contributed by atoms with Crippen molar-refractivity contribution in [2.75, 3.05) is 20.1 Å². The van der Waals surface area contributed by atoms with E-state index < -0.39 is 22.1 Å². The summed E-state index contributed by atoms with van der Waals surface area (Å²) in [7, 11) is 1.91. The van der Waals surface area contributed by atoms with Crippen LogP contribution in [0.4, 0.5) is 0 Å². The lowest BCUT2D eigenvalue weighted by molar-refractivity contribution is -0.276. The van der Waals surface area contributed by atoms with Gasteiger partial charge in [0, 0.05) is 31.1 Å². The van der Waals surface area contributed by atoms with E-state index >= 15 is 0 Å². The Bertz CT molecular complexity index is 1320. The number of halogens is 3. The lowest BCUT2D eigenvalue weighted by atomic mass is 9.90. The highest BCUT2D eigenvalue weighted by atomic mass is 35.6. The van der Waals surface area contributed by atoms with E-state index in [-0.39, 0.29) is 37.0 Å². The summed E-state index contributed by atoms with van der Waals surface area (Å²) in [5.41, 5.74) is 4.01. The van der Waals surface area contributed by atoms with Crippen LogP contribution in [0.15, 0.2) is 72.8 Å². The summed E-state index contributed by atoms with van der Waals surface area (Å²) in [5.74, 6) is -0.647. The molecule has 0 spiro atoms. The standard InChI is InChI=1S/C31H35Cl3N2O6/c1-19-27(17-36(2)16-26(39)24-4-3-5-25(38)14-24)41-29(42-28(19)22-10-8-21(18-37)9-11-22)23-12-6-20(7-13-23)15-35-30(40)31(32,33)34/h3-14,19,26-29,37-39H,15-18H2,1-2H3,(H,35,40)/t19-,26-,27+,28+,29+/m1/s1. The van der Waals surface area contributed by atoms with E-state index in [1.807, 2.05) is 60.5 Å². The molecule has 1 heterocycles. The molecule has 5 atom stereocenters. The van der Waals surface area contributed by atoms with Crippen LogP contribution in [0.25, 0.3) is 0 Å². The predicted molar refractivity (Wildman–Crippen MR) is 162 cm³/mol. The fourth-order valence-corrected chi connectivity index (χ4v) is 5.12. The van der Waals surface area contributed by atoms with Crippen LogP contribution in [-0.2, 0) is 27.4 Å². The molecule has 1 amide bonds. The van der Waals surface area contributed by atoms with Crippen LogP contribution in [0.2, 0.25) is 0 Å². The number of carbonyl (C=O) groups excluding carboxylic acids is 1. The Balaban J connectivity index is 1.50. The summed E-state index contributed by atoms with van der Waals surface area (Å²) >= 11 is 16.9. The van der Waals surface area contributed by atoms with E-state index in [2.05, 4.69) is 12.2 Å². The Kier molecular flexibility index (Phi) is 11.1. The number of phenolic OH excluding ortho intramolecular Hbond substituents is 1. The molecule has 0 aromatic heterocycles. The summed E-state index contributed by atoms with van der Waals surface area (Å²) in [6.07, 6.45) is -2.02. The van der Waals surface area contributed by atoms with Gasteiger partial charge >= 0.3 is 0 Å². The van der Waals surface area contributed by atoms with Crippen molar-refractivity contribution < 1.29 is 29.6 Å². The first kappa shape index (κ1) is 32.5. The molecule has 4 rings (SSSR count). The van der Waals surface area contributed by atoms with Crippen LogP contribution in [0.3, 0.4) is 0 Å². The minimum atomic E-state index is -2.04. The van der Waals surface area contributed by atoms with Crippen LogP contribution < -0.4 is 5.32 Å². The minimum Gasteiger partial charge on any atom is -0.508 e. The van der Waals surface area contributed by atoms with Crippen molar-refractivity contribution in [3.8, 4) is 5.75 Å². The first-order valence-corrected chi connectivity index (χ1v) is 14.7. The van der Waals surface area contributed by atoms with Crippen LogP contribution in [0, 0.1) is 5.92 Å². The number of aromatic hydroxyl groups is 1. The molecule has 1 aliphatic heterocycles. The number of likely N-dealkylation sites (N-methyl/N-ethyl adjacent to an activating group) is 1. The van der Waals surface area contributed by atoms with Gasteiger partial charge in [-0.1, -0.05) is 102 Å². The molecule has 4 N–H and O–H groups in total. The van der Waals surface area contributed by atoms with Crippen molar-refractivity contribution in [3.05, 3.63) is 101 Å². The zero-order valence-electron chi connectivity index (χ0n) is 23.3. The van der Waals surface area contributed by atoms with E-state index in [4.69, 9.17) is 44.3 Å². The normalized spacial score (nSPS) is 21.7. The molecule has 0 aliphatic carbocycles. The molecule has 0 saturated carbocycles. The minimum absolute atomic E-state index is 0.0435. The van der Waals surface area contributed by atoms with Gasteiger partial charge in [-0.05, 0) is 41.4 Å². The average Bonchev–Trinajstić information content (AvgIpc) is 2.96. The van der Waals surface area contributed by atoms with Gasteiger partial charge in [-0.15, -0.1) is 0 Å². The summed E-state index contributed by atoms with van der Waals surface area (Å²) in [4.78, 5) is 13.9. The lowest BCUT2D eigenvalue weighted by Gasteiger charge is -2.42. The number of ether oxygens (including phenoxy) is 2. The maximum absolute atomic E-state index is 11.9. The maximum Gasteiger partial charge on any atom is 0.272 e. The molecule has 3 aromatic rings. The molecule has 226 valence electrons. The molecular weight excluding hydrogens is 603 g/mol. The number of hydrogen-bond donors (Lipinski definition) is 4. The highest BCUT2D eigenvalue weighted by Gasteiger charge is 2.39. The molecule has 1 aliphatic rings. The van der Waals surface area contributed by atoms with Gasteiger partial charge in [0.2, 0.25) is 0 Å². The third kappa shape index (κ3) is 8.58. The molecule has 1 fully saturated rings. The third-order valence-corrected chi connectivity index (χ3v) is 7.83. The van der Waals surface area contributed by atoms with Gasteiger partial charge < -0.3 is 35.0 Å². The summed E-state index contributed by atoms with van der Waals surface area (Å²) in [6, 6.07) is 21.7. The van der Waals surface area contributed by atoms with E-state index in [0.717, 1.165) is 22.3 Å². The number of rotatable bonds is 10. The second kappa shape index (κ2) is 14.4. The summed E-state index contributed by atoms with van der Waals surface area (Å²) in [5, 5.41) is 32.7. The predicted octanol–water partition coefficient (Wildman–Crippen LogP) is 5.33. The first-order valence-electron chi connectivity index (χ1n) is 13.5. The third-order valence-electron chi connectivity index (χ3n) is 7.32. The number of benzene rings is 3. The molecule has 11 heteroatoms. The second-order valence-corrected chi connectivity index (χ2v) is 12.9. The lowest BCUT2D eigenvalue weighted by Crippen LogP contribution is -2.44. The van der Waals surface area contributed by atoms with Gasteiger partial charge in [-0.25, -0.2) is 0 Å².